The van der Waals surface area contributed by atoms with Gasteiger partial charge in [0, 0.05) is 10.0 Å². The Hall–Kier alpha value is -2.02. The van der Waals surface area contributed by atoms with E-state index in [1.165, 1.54) is 18.2 Å². The Kier molecular flexibility index (Phi) is 4.77. The summed E-state index contributed by atoms with van der Waals surface area (Å²) in [6.07, 6.45) is 0. The maximum atomic E-state index is 12.7. The third kappa shape index (κ3) is 3.66. The highest BCUT2D eigenvalue weighted by Gasteiger charge is 2.21. The van der Waals surface area contributed by atoms with Crippen LogP contribution in [-0.4, -0.2) is 18.2 Å². The van der Waals surface area contributed by atoms with Crippen molar-refractivity contribution in [2.45, 2.75) is 18.7 Å². The van der Waals surface area contributed by atoms with Crippen LogP contribution < -0.4 is 4.72 Å². The zero-order valence-electron chi connectivity index (χ0n) is 13.5. The molecule has 0 saturated heterocycles. The van der Waals surface area contributed by atoms with Crippen molar-refractivity contribution >= 4 is 38.9 Å². The van der Waals surface area contributed by atoms with E-state index in [1.54, 1.807) is 18.5 Å². The fourth-order valence-electron chi connectivity index (χ4n) is 2.49. The number of anilines is 1. The molecule has 25 heavy (non-hydrogen) atoms. The smallest absolute Gasteiger partial charge is 0.262 e. The molecule has 8 heteroatoms. The van der Waals surface area contributed by atoms with Crippen LogP contribution in [0.4, 0.5) is 5.69 Å². The summed E-state index contributed by atoms with van der Waals surface area (Å²) in [4.78, 5) is -0.00346. The van der Waals surface area contributed by atoms with E-state index in [1.807, 2.05) is 30.3 Å². The van der Waals surface area contributed by atoms with Gasteiger partial charge < -0.3 is 0 Å². The number of para-hydroxylation sites is 1. The maximum Gasteiger partial charge on any atom is 0.262 e. The topological polar surface area (TPSA) is 64.0 Å². The third-order valence-electron chi connectivity index (χ3n) is 3.67. The minimum Gasteiger partial charge on any atom is -0.276 e. The molecule has 1 aromatic heterocycles. The molecule has 0 atom stereocenters. The molecule has 0 bridgehead atoms. The molecule has 0 unspecified atom stereocenters. The lowest BCUT2D eigenvalue weighted by Gasteiger charge is -2.10. The molecule has 1 N–H and O–H groups in total. The van der Waals surface area contributed by atoms with Crippen molar-refractivity contribution in [2.75, 3.05) is 4.72 Å². The Morgan fingerprint density at radius 1 is 1.00 bits per heavy atom. The molecule has 5 nitrogen and oxygen atoms in total. The predicted octanol–water partition coefficient (Wildman–Crippen LogP) is 4.60. The van der Waals surface area contributed by atoms with Gasteiger partial charge in [-0.2, -0.15) is 5.10 Å². The van der Waals surface area contributed by atoms with Crippen molar-refractivity contribution in [1.82, 2.24) is 9.78 Å². The van der Waals surface area contributed by atoms with Crippen molar-refractivity contribution in [3.8, 4) is 5.69 Å². The van der Waals surface area contributed by atoms with Gasteiger partial charge in [0.05, 0.1) is 27.7 Å². The van der Waals surface area contributed by atoms with Crippen LogP contribution in [0, 0.1) is 13.8 Å². The first-order valence-corrected chi connectivity index (χ1v) is 9.62. The summed E-state index contributed by atoms with van der Waals surface area (Å²) in [6.45, 7) is 3.55. The third-order valence-corrected chi connectivity index (χ3v) is 5.44. The van der Waals surface area contributed by atoms with Gasteiger partial charge in [0.1, 0.15) is 0 Å². The van der Waals surface area contributed by atoms with E-state index in [0.717, 1.165) is 5.69 Å². The van der Waals surface area contributed by atoms with Crippen LogP contribution in [0.5, 0.6) is 0 Å². The molecule has 0 fully saturated rings. The Balaban J connectivity index is 2.02. The Morgan fingerprint density at radius 3 is 2.20 bits per heavy atom. The van der Waals surface area contributed by atoms with E-state index in [4.69, 9.17) is 23.2 Å². The highest BCUT2D eigenvalue weighted by atomic mass is 35.5. The molecule has 2 aromatic carbocycles. The van der Waals surface area contributed by atoms with Crippen LogP contribution in [0.3, 0.4) is 0 Å². The average molecular weight is 396 g/mol. The molecule has 0 aliphatic heterocycles. The summed E-state index contributed by atoms with van der Waals surface area (Å²) < 4.78 is 29.7. The van der Waals surface area contributed by atoms with Gasteiger partial charge in [-0.1, -0.05) is 41.4 Å². The van der Waals surface area contributed by atoms with E-state index < -0.39 is 10.0 Å². The minimum atomic E-state index is -3.84. The standard InChI is InChI=1S/C17H15Cl2N3O2S/c1-11-17(12(2)22(20-11)15-6-4-3-5-7-15)21-25(23,24)16-9-13(18)8-14(19)10-16/h3-10,21H,1-2H3. The van der Waals surface area contributed by atoms with Crippen molar-refractivity contribution in [3.05, 3.63) is 70.0 Å². The lowest BCUT2D eigenvalue weighted by atomic mass is 10.3. The molecule has 3 rings (SSSR count). The quantitative estimate of drug-likeness (QED) is 0.701. The van der Waals surface area contributed by atoms with Crippen LogP contribution in [0.25, 0.3) is 5.69 Å². The highest BCUT2D eigenvalue weighted by molar-refractivity contribution is 7.92. The molecule has 3 aromatic rings. The van der Waals surface area contributed by atoms with E-state index >= 15 is 0 Å². The number of sulfonamides is 1. The molecule has 130 valence electrons. The van der Waals surface area contributed by atoms with Gasteiger partial charge in [-0.3, -0.25) is 4.72 Å². The van der Waals surface area contributed by atoms with Crippen LogP contribution in [-0.2, 0) is 10.0 Å². The minimum absolute atomic E-state index is 0.00346. The van der Waals surface area contributed by atoms with E-state index in [-0.39, 0.29) is 14.9 Å². The molecule has 0 aliphatic carbocycles. The number of aryl methyl sites for hydroxylation is 1. The van der Waals surface area contributed by atoms with E-state index in [2.05, 4.69) is 9.82 Å². The number of nitrogens with one attached hydrogen (secondary N) is 1. The highest BCUT2D eigenvalue weighted by Crippen LogP contribution is 2.28. The summed E-state index contributed by atoms with van der Waals surface area (Å²) in [5.41, 5.74) is 2.53. The zero-order chi connectivity index (χ0) is 18.2. The van der Waals surface area contributed by atoms with E-state index in [0.29, 0.717) is 17.1 Å². The second-order valence-corrected chi connectivity index (χ2v) is 8.06. The second-order valence-electron chi connectivity index (χ2n) is 5.50. The molecule has 1 heterocycles. The fraction of sp³-hybridized carbons (Fsp3) is 0.118. The summed E-state index contributed by atoms with van der Waals surface area (Å²) in [5.74, 6) is 0. The number of hydrogen-bond acceptors (Lipinski definition) is 3. The number of halogens is 2. The normalized spacial score (nSPS) is 11.5. The van der Waals surface area contributed by atoms with E-state index in [9.17, 15) is 8.42 Å². The first-order chi connectivity index (χ1) is 11.8. The number of benzene rings is 2. The summed E-state index contributed by atoms with van der Waals surface area (Å²) in [6, 6.07) is 13.7. The molecular weight excluding hydrogens is 381 g/mol. The zero-order valence-corrected chi connectivity index (χ0v) is 15.8. The van der Waals surface area contributed by atoms with Crippen molar-refractivity contribution in [1.29, 1.82) is 0 Å². The van der Waals surface area contributed by atoms with Gasteiger partial charge in [-0.05, 0) is 44.2 Å². The number of hydrogen-bond donors (Lipinski definition) is 1. The van der Waals surface area contributed by atoms with Crippen molar-refractivity contribution in [3.63, 3.8) is 0 Å². The van der Waals surface area contributed by atoms with Crippen molar-refractivity contribution < 1.29 is 8.42 Å². The monoisotopic (exact) mass is 395 g/mol. The summed E-state index contributed by atoms with van der Waals surface area (Å²) in [7, 11) is -3.84. The number of nitrogens with zero attached hydrogens (tertiary/aromatic N) is 2. The second kappa shape index (κ2) is 6.71. The molecule has 0 aliphatic rings. The summed E-state index contributed by atoms with van der Waals surface area (Å²) in [5, 5.41) is 4.93. The largest absolute Gasteiger partial charge is 0.276 e. The van der Waals surface area contributed by atoms with Gasteiger partial charge in [0.25, 0.3) is 10.0 Å². The first-order valence-electron chi connectivity index (χ1n) is 7.38. The Morgan fingerprint density at radius 2 is 1.60 bits per heavy atom. The van der Waals surface area contributed by atoms with Gasteiger partial charge in [-0.25, -0.2) is 13.1 Å². The SMILES string of the molecule is Cc1nn(-c2ccccc2)c(C)c1NS(=O)(=O)c1cc(Cl)cc(Cl)c1. The number of rotatable bonds is 4. The Bertz CT molecular complexity index is 1010. The predicted molar refractivity (Wildman–Crippen MR) is 100 cm³/mol. The van der Waals surface area contributed by atoms with Crippen LogP contribution in [0.15, 0.2) is 53.4 Å². The van der Waals surface area contributed by atoms with Crippen LogP contribution >= 0.6 is 23.2 Å². The Labute approximate surface area is 156 Å². The lowest BCUT2D eigenvalue weighted by molar-refractivity contribution is 0.601. The molecule has 0 amide bonds. The number of aromatic nitrogens is 2. The average Bonchev–Trinajstić information content (AvgIpc) is 2.83. The van der Waals surface area contributed by atoms with Crippen LogP contribution in [0.1, 0.15) is 11.4 Å². The van der Waals surface area contributed by atoms with Gasteiger partial charge in [0.15, 0.2) is 0 Å². The lowest BCUT2D eigenvalue weighted by Crippen LogP contribution is -2.14. The molecule has 0 spiro atoms. The first kappa shape index (κ1) is 17.8. The van der Waals surface area contributed by atoms with Gasteiger partial charge >= 0.3 is 0 Å². The van der Waals surface area contributed by atoms with Gasteiger partial charge in [-0.15, -0.1) is 0 Å². The molecule has 0 radical (unpaired) electrons. The van der Waals surface area contributed by atoms with Crippen molar-refractivity contribution in [2.24, 2.45) is 0 Å². The molecule has 0 saturated carbocycles. The molecular formula is C17H15Cl2N3O2S. The summed E-state index contributed by atoms with van der Waals surface area (Å²) >= 11 is 11.8. The van der Waals surface area contributed by atoms with Gasteiger partial charge in [0.2, 0.25) is 0 Å². The fourth-order valence-corrected chi connectivity index (χ4v) is 4.39. The maximum absolute atomic E-state index is 12.7. The van der Waals surface area contributed by atoms with Crippen LogP contribution in [0.2, 0.25) is 10.0 Å².